The summed E-state index contributed by atoms with van der Waals surface area (Å²) in [5.74, 6) is -0.659. The molecule has 0 aromatic heterocycles. The lowest BCUT2D eigenvalue weighted by Crippen LogP contribution is -2.57. The number of nitrogens with zero attached hydrogens (tertiary/aromatic N) is 1. The number of piperidine rings is 1. The molecule has 2 aromatic rings. The molecule has 5 N–H and O–H groups in total. The summed E-state index contributed by atoms with van der Waals surface area (Å²) in [4.78, 5) is 25.4. The second kappa shape index (κ2) is 12.2. The smallest absolute Gasteiger partial charge is 0.339 e. The third-order valence-electron chi connectivity index (χ3n) is 7.94. The second-order valence-electron chi connectivity index (χ2n) is 10.3. The quantitative estimate of drug-likeness (QED) is 0.175. The van der Waals surface area contributed by atoms with Crippen LogP contribution in [0.5, 0.6) is 0 Å². The van der Waals surface area contributed by atoms with E-state index in [4.69, 9.17) is 15.9 Å². The molecule has 0 unspecified atom stereocenters. The van der Waals surface area contributed by atoms with Gasteiger partial charge in [-0.3, -0.25) is 5.41 Å². The van der Waals surface area contributed by atoms with E-state index < -0.39 is 21.5 Å². The van der Waals surface area contributed by atoms with E-state index >= 15 is 0 Å². The molecule has 1 aliphatic carbocycles. The highest BCUT2D eigenvalue weighted by Crippen LogP contribution is 2.40. The normalized spacial score (nSPS) is 18.5. The maximum atomic E-state index is 13.5. The number of benzene rings is 2. The number of urea groups is 1. The first-order chi connectivity index (χ1) is 18.7. The van der Waals surface area contributed by atoms with Crippen LogP contribution in [0, 0.1) is 11.3 Å². The van der Waals surface area contributed by atoms with Gasteiger partial charge < -0.3 is 21.1 Å². The first-order valence-corrected chi connectivity index (χ1v) is 14.8. The van der Waals surface area contributed by atoms with Gasteiger partial charge in [-0.15, -0.1) is 0 Å². The van der Waals surface area contributed by atoms with Crippen LogP contribution in [0.4, 0.5) is 10.5 Å². The van der Waals surface area contributed by atoms with Crippen LogP contribution in [0.3, 0.4) is 0 Å². The molecule has 0 radical (unpaired) electrons. The monoisotopic (exact) mass is 555 g/mol. The van der Waals surface area contributed by atoms with Crippen LogP contribution in [0.1, 0.15) is 67.3 Å². The molecule has 2 aromatic carbocycles. The van der Waals surface area contributed by atoms with Crippen LogP contribution in [-0.2, 0) is 14.8 Å². The zero-order chi connectivity index (χ0) is 28.0. The van der Waals surface area contributed by atoms with Gasteiger partial charge in [0.05, 0.1) is 17.6 Å². The summed E-state index contributed by atoms with van der Waals surface area (Å²) in [5.41, 5.74) is 6.25. The summed E-state index contributed by atoms with van der Waals surface area (Å²) in [6, 6.07) is 12.7. The Bertz CT molecular complexity index is 1310. The molecule has 0 spiro atoms. The zero-order valence-corrected chi connectivity index (χ0v) is 23.1. The summed E-state index contributed by atoms with van der Waals surface area (Å²) in [6.07, 6.45) is 7.04. The maximum absolute atomic E-state index is 13.5. The summed E-state index contributed by atoms with van der Waals surface area (Å²) < 4.78 is 33.3. The fourth-order valence-corrected chi connectivity index (χ4v) is 7.56. The largest absolute Gasteiger partial charge is 0.465 e. The van der Waals surface area contributed by atoms with Crippen molar-refractivity contribution in [1.82, 2.24) is 9.62 Å². The number of rotatable bonds is 7. The molecular formula is C28H37N5O5S. The highest BCUT2D eigenvalue weighted by atomic mass is 32.2. The van der Waals surface area contributed by atoms with Gasteiger partial charge in [0.2, 0.25) is 10.0 Å². The number of sulfonamides is 1. The van der Waals surface area contributed by atoms with E-state index in [1.165, 1.54) is 23.5 Å². The van der Waals surface area contributed by atoms with Crippen LogP contribution >= 0.6 is 0 Å². The predicted molar refractivity (Wildman–Crippen MR) is 149 cm³/mol. The van der Waals surface area contributed by atoms with Gasteiger partial charge in [0, 0.05) is 29.9 Å². The molecule has 2 aliphatic rings. The number of carbonyl (C=O) groups is 2. The second-order valence-corrected chi connectivity index (χ2v) is 12.2. The van der Waals surface area contributed by atoms with E-state index in [0.717, 1.165) is 38.5 Å². The first kappa shape index (κ1) is 28.6. The number of nitrogens with two attached hydrogens (primary N) is 1. The van der Waals surface area contributed by atoms with Crippen LogP contribution in [0.25, 0.3) is 0 Å². The zero-order valence-electron chi connectivity index (χ0n) is 22.2. The summed E-state index contributed by atoms with van der Waals surface area (Å²) in [6.45, 7) is 0.600. The number of hydrogen-bond acceptors (Lipinski definition) is 6. The molecule has 0 atom stereocenters. The molecule has 10 nitrogen and oxygen atoms in total. The van der Waals surface area contributed by atoms with Crippen molar-refractivity contribution >= 4 is 33.5 Å². The van der Waals surface area contributed by atoms with Crippen LogP contribution < -0.4 is 16.4 Å². The minimum absolute atomic E-state index is 0.0227. The van der Waals surface area contributed by atoms with Gasteiger partial charge in [-0.1, -0.05) is 49.9 Å². The summed E-state index contributed by atoms with van der Waals surface area (Å²) >= 11 is 0. The fourth-order valence-electron chi connectivity index (χ4n) is 5.91. The molecule has 1 aliphatic heterocycles. The van der Waals surface area contributed by atoms with E-state index in [-0.39, 0.29) is 28.2 Å². The topological polar surface area (TPSA) is 155 Å². The number of esters is 1. The Morgan fingerprint density at radius 1 is 1.03 bits per heavy atom. The SMILES string of the molecule is COC(=O)c1ccccc1S(=O)(=O)N1CCC(C2(NC(=O)Nc3cccc(C(=N)N)c3)CCCCCC2)CC1. The van der Waals surface area contributed by atoms with E-state index in [9.17, 15) is 18.0 Å². The van der Waals surface area contributed by atoms with Gasteiger partial charge in [0.25, 0.3) is 0 Å². The number of amides is 2. The number of nitrogens with one attached hydrogen (secondary N) is 3. The van der Waals surface area contributed by atoms with Crippen LogP contribution in [-0.4, -0.2) is 56.3 Å². The number of nitrogen functional groups attached to an aromatic ring is 1. The first-order valence-electron chi connectivity index (χ1n) is 13.4. The van der Waals surface area contributed by atoms with Crippen molar-refractivity contribution in [2.75, 3.05) is 25.5 Å². The van der Waals surface area contributed by atoms with E-state index in [1.807, 2.05) is 0 Å². The number of carbonyl (C=O) groups excluding carboxylic acids is 2. The summed E-state index contributed by atoms with van der Waals surface area (Å²) in [7, 11) is -2.67. The average molecular weight is 556 g/mol. The standard InChI is InChI=1S/C28H37N5O5S/c1-38-26(34)23-11-4-5-12-24(23)39(36,37)33-17-13-21(14-18-33)28(15-6-2-3-7-16-28)32-27(35)31-22-10-8-9-20(19-22)25(29)30/h4-5,8-12,19,21H,2-3,6-7,13-18H2,1H3,(H3,29,30)(H2,31,32,35). The Hall–Kier alpha value is -3.44. The lowest BCUT2D eigenvalue weighted by molar-refractivity contribution is 0.0596. The Morgan fingerprint density at radius 2 is 1.69 bits per heavy atom. The fraction of sp³-hybridized carbons (Fsp3) is 0.464. The molecule has 1 saturated heterocycles. The van der Waals surface area contributed by atoms with Gasteiger partial charge in [-0.2, -0.15) is 4.31 Å². The predicted octanol–water partition coefficient (Wildman–Crippen LogP) is 4.07. The number of hydrogen-bond donors (Lipinski definition) is 4. The summed E-state index contributed by atoms with van der Waals surface area (Å²) in [5, 5.41) is 13.8. The number of ether oxygens (including phenoxy) is 1. The molecule has 2 fully saturated rings. The van der Waals surface area contributed by atoms with Crippen molar-refractivity contribution < 1.29 is 22.7 Å². The van der Waals surface area contributed by atoms with Crippen LogP contribution in [0.15, 0.2) is 53.4 Å². The minimum Gasteiger partial charge on any atom is -0.465 e. The van der Waals surface area contributed by atoms with Crippen molar-refractivity contribution in [2.24, 2.45) is 11.7 Å². The Balaban J connectivity index is 1.50. The molecular weight excluding hydrogens is 518 g/mol. The Morgan fingerprint density at radius 3 is 2.33 bits per heavy atom. The number of anilines is 1. The molecule has 2 amide bonds. The Labute approximate surface area is 229 Å². The van der Waals surface area contributed by atoms with Crippen molar-refractivity contribution in [3.8, 4) is 0 Å². The van der Waals surface area contributed by atoms with Crippen molar-refractivity contribution in [1.29, 1.82) is 5.41 Å². The van der Waals surface area contributed by atoms with Crippen molar-refractivity contribution in [3.63, 3.8) is 0 Å². The number of methoxy groups -OCH3 is 1. The minimum atomic E-state index is -3.90. The third-order valence-corrected chi connectivity index (χ3v) is 9.89. The van der Waals surface area contributed by atoms with E-state index in [0.29, 0.717) is 37.2 Å². The Kier molecular flexibility index (Phi) is 8.91. The lowest BCUT2D eigenvalue weighted by atomic mass is 9.73. The van der Waals surface area contributed by atoms with Crippen LogP contribution in [0.2, 0.25) is 0 Å². The van der Waals surface area contributed by atoms with Gasteiger partial charge >= 0.3 is 12.0 Å². The third kappa shape index (κ3) is 6.42. The van der Waals surface area contributed by atoms with Gasteiger partial charge in [-0.25, -0.2) is 18.0 Å². The molecule has 4 rings (SSSR count). The van der Waals surface area contributed by atoms with Crippen molar-refractivity contribution in [3.05, 3.63) is 59.7 Å². The van der Waals surface area contributed by atoms with Gasteiger partial charge in [0.1, 0.15) is 5.84 Å². The molecule has 1 heterocycles. The molecule has 11 heteroatoms. The maximum Gasteiger partial charge on any atom is 0.339 e. The molecule has 1 saturated carbocycles. The van der Waals surface area contributed by atoms with Gasteiger partial charge in [0.15, 0.2) is 0 Å². The molecule has 210 valence electrons. The van der Waals surface area contributed by atoms with Crippen molar-refractivity contribution in [2.45, 2.75) is 61.8 Å². The molecule has 0 bridgehead atoms. The van der Waals surface area contributed by atoms with Gasteiger partial charge in [-0.05, 0) is 55.9 Å². The number of amidine groups is 1. The molecule has 39 heavy (non-hydrogen) atoms. The highest BCUT2D eigenvalue weighted by Gasteiger charge is 2.43. The highest BCUT2D eigenvalue weighted by molar-refractivity contribution is 7.89. The van der Waals surface area contributed by atoms with E-state index in [1.54, 1.807) is 36.4 Å². The van der Waals surface area contributed by atoms with E-state index in [2.05, 4.69) is 10.6 Å². The lowest BCUT2D eigenvalue weighted by Gasteiger charge is -2.45. The average Bonchev–Trinajstić information content (AvgIpc) is 3.19.